The molecular formula is C15H15IN2O4. The number of benzene rings is 1. The van der Waals surface area contributed by atoms with Crippen LogP contribution >= 0.6 is 22.6 Å². The highest BCUT2D eigenvalue weighted by molar-refractivity contribution is 14.1. The van der Waals surface area contributed by atoms with E-state index in [9.17, 15) is 9.59 Å². The zero-order valence-corrected chi connectivity index (χ0v) is 14.8. The summed E-state index contributed by atoms with van der Waals surface area (Å²) in [5, 5.41) is 4.24. The van der Waals surface area contributed by atoms with Crippen LogP contribution in [0.2, 0.25) is 0 Å². The maximum atomic E-state index is 12.0. The fourth-order valence-corrected chi connectivity index (χ4v) is 2.97. The Labute approximate surface area is 141 Å². The maximum absolute atomic E-state index is 12.0. The lowest BCUT2D eigenvalue weighted by Gasteiger charge is -2.08. The van der Waals surface area contributed by atoms with Gasteiger partial charge in [-0.15, -0.1) is 0 Å². The summed E-state index contributed by atoms with van der Waals surface area (Å²) in [4.78, 5) is 23.9. The first-order valence-electron chi connectivity index (χ1n) is 6.43. The third-order valence-electron chi connectivity index (χ3n) is 3.18. The number of ether oxygens (including phenoxy) is 2. The maximum Gasteiger partial charge on any atom is 0.359 e. The average Bonchev–Trinajstić information content (AvgIpc) is 2.83. The largest absolute Gasteiger partial charge is 0.465 e. The van der Waals surface area contributed by atoms with E-state index in [0.717, 1.165) is 16.8 Å². The van der Waals surface area contributed by atoms with Crippen molar-refractivity contribution >= 4 is 34.5 Å². The van der Waals surface area contributed by atoms with E-state index < -0.39 is 11.9 Å². The molecule has 0 N–H and O–H groups in total. The number of nitrogens with zero attached hydrogens (tertiary/aromatic N) is 2. The molecule has 0 radical (unpaired) electrons. The molecule has 2 rings (SSSR count). The van der Waals surface area contributed by atoms with Gasteiger partial charge in [-0.3, -0.25) is 0 Å². The van der Waals surface area contributed by atoms with Crippen LogP contribution in [0, 0.1) is 17.5 Å². The molecule has 0 aliphatic rings. The Hall–Kier alpha value is -1.90. The van der Waals surface area contributed by atoms with Gasteiger partial charge in [0, 0.05) is 0 Å². The first-order valence-corrected chi connectivity index (χ1v) is 7.51. The van der Waals surface area contributed by atoms with Crippen molar-refractivity contribution < 1.29 is 19.1 Å². The molecule has 7 heteroatoms. The van der Waals surface area contributed by atoms with Gasteiger partial charge < -0.3 is 9.47 Å². The van der Waals surface area contributed by atoms with Crippen LogP contribution in [0.3, 0.4) is 0 Å². The number of hydrogen-bond acceptors (Lipinski definition) is 5. The lowest BCUT2D eigenvalue weighted by molar-refractivity contribution is 0.0551. The van der Waals surface area contributed by atoms with Crippen molar-refractivity contribution in [2.24, 2.45) is 0 Å². The highest BCUT2D eigenvalue weighted by Crippen LogP contribution is 2.24. The van der Waals surface area contributed by atoms with Crippen LogP contribution in [0.5, 0.6) is 0 Å². The molecule has 0 spiro atoms. The lowest BCUT2D eigenvalue weighted by Crippen LogP contribution is -2.11. The SMILES string of the molecule is COC(=O)c1nn(-c2ccc(C)cc2C)c(I)c1C(=O)OC. The molecule has 6 nitrogen and oxygen atoms in total. The molecule has 0 aliphatic carbocycles. The van der Waals surface area contributed by atoms with E-state index in [2.05, 4.69) is 5.10 Å². The number of rotatable bonds is 3. The van der Waals surface area contributed by atoms with Gasteiger partial charge in [-0.1, -0.05) is 17.7 Å². The van der Waals surface area contributed by atoms with Gasteiger partial charge in [-0.05, 0) is 48.1 Å². The Bertz CT molecular complexity index is 752. The Balaban J connectivity index is 2.70. The van der Waals surface area contributed by atoms with Gasteiger partial charge in [0.15, 0.2) is 5.69 Å². The monoisotopic (exact) mass is 414 g/mol. The van der Waals surface area contributed by atoms with Crippen LogP contribution < -0.4 is 0 Å². The summed E-state index contributed by atoms with van der Waals surface area (Å²) in [5.41, 5.74) is 2.93. The number of carbonyl (C=O) groups is 2. The molecule has 0 unspecified atom stereocenters. The Kier molecular flexibility index (Phi) is 4.84. The molecule has 116 valence electrons. The van der Waals surface area contributed by atoms with E-state index in [4.69, 9.17) is 9.47 Å². The summed E-state index contributed by atoms with van der Waals surface area (Å²) >= 11 is 1.97. The Morgan fingerprint density at radius 1 is 1.14 bits per heavy atom. The third kappa shape index (κ3) is 2.85. The molecule has 2 aromatic rings. The van der Waals surface area contributed by atoms with E-state index >= 15 is 0 Å². The predicted molar refractivity (Wildman–Crippen MR) is 88.4 cm³/mol. The molecule has 0 amide bonds. The highest BCUT2D eigenvalue weighted by Gasteiger charge is 2.29. The van der Waals surface area contributed by atoms with Crippen molar-refractivity contribution in [3.05, 3.63) is 44.3 Å². The number of aromatic nitrogens is 2. The predicted octanol–water partition coefficient (Wildman–Crippen LogP) is 2.67. The van der Waals surface area contributed by atoms with Gasteiger partial charge >= 0.3 is 11.9 Å². The standard InChI is InChI=1S/C15H15IN2O4/c1-8-5-6-10(9(2)7-8)18-13(16)11(14(19)21-3)12(17-18)15(20)22-4/h5-7H,1-4H3. The summed E-state index contributed by atoms with van der Waals surface area (Å²) in [6, 6.07) is 5.83. The zero-order valence-electron chi connectivity index (χ0n) is 12.6. The first kappa shape index (κ1) is 16.5. The number of methoxy groups -OCH3 is 2. The van der Waals surface area contributed by atoms with Crippen molar-refractivity contribution in [2.45, 2.75) is 13.8 Å². The molecule has 22 heavy (non-hydrogen) atoms. The van der Waals surface area contributed by atoms with E-state index in [0.29, 0.717) is 3.70 Å². The van der Waals surface area contributed by atoms with Gasteiger partial charge in [-0.2, -0.15) is 5.10 Å². The van der Waals surface area contributed by atoms with E-state index in [1.807, 2.05) is 54.6 Å². The minimum Gasteiger partial charge on any atom is -0.465 e. The van der Waals surface area contributed by atoms with Crippen molar-refractivity contribution in [2.75, 3.05) is 14.2 Å². The number of hydrogen-bond donors (Lipinski definition) is 0. The van der Waals surface area contributed by atoms with Crippen LogP contribution in [0.15, 0.2) is 18.2 Å². The van der Waals surface area contributed by atoms with Gasteiger partial charge in [0.05, 0.1) is 19.9 Å². The van der Waals surface area contributed by atoms with Gasteiger partial charge in [-0.25, -0.2) is 14.3 Å². The fraction of sp³-hybridized carbons (Fsp3) is 0.267. The van der Waals surface area contributed by atoms with Gasteiger partial charge in [0.25, 0.3) is 0 Å². The van der Waals surface area contributed by atoms with Crippen LogP contribution in [0.4, 0.5) is 0 Å². The van der Waals surface area contributed by atoms with Crippen molar-refractivity contribution in [1.29, 1.82) is 0 Å². The average molecular weight is 414 g/mol. The molecule has 1 aromatic carbocycles. The second-order valence-electron chi connectivity index (χ2n) is 4.70. The van der Waals surface area contributed by atoms with Gasteiger partial charge in [0.1, 0.15) is 9.26 Å². The molecule has 0 aliphatic heterocycles. The highest BCUT2D eigenvalue weighted by atomic mass is 127. The van der Waals surface area contributed by atoms with E-state index in [1.54, 1.807) is 4.68 Å². The Morgan fingerprint density at radius 3 is 2.32 bits per heavy atom. The second-order valence-corrected chi connectivity index (χ2v) is 5.72. The van der Waals surface area contributed by atoms with Crippen LogP contribution in [-0.2, 0) is 9.47 Å². The minimum absolute atomic E-state index is 0.0567. The molecule has 0 atom stereocenters. The number of esters is 2. The van der Waals surface area contributed by atoms with Crippen LogP contribution in [-0.4, -0.2) is 35.9 Å². The molecule has 0 saturated carbocycles. The van der Waals surface area contributed by atoms with Crippen LogP contribution in [0.1, 0.15) is 32.0 Å². The smallest absolute Gasteiger partial charge is 0.359 e. The first-order chi connectivity index (χ1) is 10.4. The molecule has 1 heterocycles. The number of halogens is 1. The van der Waals surface area contributed by atoms with E-state index in [-0.39, 0.29) is 11.3 Å². The molecule has 0 bridgehead atoms. The normalized spacial score (nSPS) is 10.4. The lowest BCUT2D eigenvalue weighted by atomic mass is 10.1. The summed E-state index contributed by atoms with van der Waals surface area (Å²) in [7, 11) is 2.50. The van der Waals surface area contributed by atoms with Crippen molar-refractivity contribution in [1.82, 2.24) is 9.78 Å². The van der Waals surface area contributed by atoms with Crippen molar-refractivity contribution in [3.8, 4) is 5.69 Å². The summed E-state index contributed by atoms with van der Waals surface area (Å²) in [6.45, 7) is 3.93. The summed E-state index contributed by atoms with van der Waals surface area (Å²) in [5.74, 6) is -1.30. The van der Waals surface area contributed by atoms with Crippen LogP contribution in [0.25, 0.3) is 5.69 Å². The molecular weight excluding hydrogens is 399 g/mol. The topological polar surface area (TPSA) is 70.4 Å². The summed E-state index contributed by atoms with van der Waals surface area (Å²) < 4.78 is 11.5. The minimum atomic E-state index is -0.679. The summed E-state index contributed by atoms with van der Waals surface area (Å²) in [6.07, 6.45) is 0. The van der Waals surface area contributed by atoms with E-state index in [1.165, 1.54) is 14.2 Å². The fourth-order valence-electron chi connectivity index (χ4n) is 2.12. The zero-order chi connectivity index (χ0) is 16.4. The number of carbonyl (C=O) groups excluding carboxylic acids is 2. The molecule has 0 fully saturated rings. The number of aryl methyl sites for hydroxylation is 2. The second kappa shape index (κ2) is 6.47. The third-order valence-corrected chi connectivity index (χ3v) is 4.17. The Morgan fingerprint density at radius 2 is 1.77 bits per heavy atom. The molecule has 0 saturated heterocycles. The van der Waals surface area contributed by atoms with Crippen molar-refractivity contribution in [3.63, 3.8) is 0 Å². The molecule has 1 aromatic heterocycles. The quantitative estimate of drug-likeness (QED) is 0.571. The van der Waals surface area contributed by atoms with Gasteiger partial charge in [0.2, 0.25) is 0 Å².